The zero-order chi connectivity index (χ0) is 13.7. The predicted octanol–water partition coefficient (Wildman–Crippen LogP) is 2.89. The van der Waals surface area contributed by atoms with E-state index in [-0.39, 0.29) is 11.9 Å². The van der Waals surface area contributed by atoms with Crippen LogP contribution in [-0.2, 0) is 10.5 Å². The lowest BCUT2D eigenvalue weighted by atomic mass is 10.2. The van der Waals surface area contributed by atoms with Crippen LogP contribution in [0.5, 0.6) is 0 Å². The van der Waals surface area contributed by atoms with Gasteiger partial charge in [-0.3, -0.25) is 9.89 Å². The molecule has 0 N–H and O–H groups in total. The van der Waals surface area contributed by atoms with Gasteiger partial charge in [0.25, 0.3) is 0 Å². The maximum atomic E-state index is 13.0. The quantitative estimate of drug-likeness (QED) is 0.856. The van der Waals surface area contributed by atoms with E-state index < -0.39 is 0 Å². The molecule has 19 heavy (non-hydrogen) atoms. The average molecular weight is 282 g/mol. The van der Waals surface area contributed by atoms with Gasteiger partial charge in [0.2, 0.25) is 0 Å². The third-order valence-electron chi connectivity index (χ3n) is 2.55. The molecule has 0 unspecified atom stereocenters. The topological polar surface area (TPSA) is 41.9 Å². The van der Waals surface area contributed by atoms with Crippen LogP contribution < -0.4 is 0 Å². The van der Waals surface area contributed by atoms with Gasteiger partial charge >= 0.3 is 6.09 Å². The lowest BCUT2D eigenvalue weighted by Gasteiger charge is -2.16. The molecule has 0 spiro atoms. The molecule has 0 bridgehead atoms. The van der Waals surface area contributed by atoms with Gasteiger partial charge in [0.1, 0.15) is 5.82 Å². The van der Waals surface area contributed by atoms with Gasteiger partial charge < -0.3 is 4.74 Å². The van der Waals surface area contributed by atoms with Gasteiger partial charge in [-0.05, 0) is 24.6 Å². The van der Waals surface area contributed by atoms with Gasteiger partial charge in [0, 0.05) is 5.75 Å². The van der Waals surface area contributed by atoms with E-state index in [0.29, 0.717) is 30.6 Å². The summed E-state index contributed by atoms with van der Waals surface area (Å²) in [6.07, 6.45) is -0.370. The Kier molecular flexibility index (Phi) is 4.79. The molecule has 2 rings (SSSR count). The summed E-state index contributed by atoms with van der Waals surface area (Å²) >= 11 is 1.42. The van der Waals surface area contributed by atoms with Gasteiger partial charge in [0.05, 0.1) is 19.7 Å². The Balaban J connectivity index is 1.93. The standard InChI is InChI=1S/C13H15FN2O2S/c1-2-18-13(17)16-7-6-15-12(16)19-9-10-4-3-5-11(14)8-10/h3-5,8H,2,6-7,9H2,1H3. The highest BCUT2D eigenvalue weighted by atomic mass is 32.2. The van der Waals surface area contributed by atoms with Gasteiger partial charge in [-0.25, -0.2) is 9.18 Å². The summed E-state index contributed by atoms with van der Waals surface area (Å²) in [6, 6.07) is 6.41. The van der Waals surface area contributed by atoms with E-state index in [0.717, 1.165) is 5.56 Å². The van der Waals surface area contributed by atoms with Crippen LogP contribution >= 0.6 is 11.8 Å². The molecule has 102 valence electrons. The number of aliphatic imine (C=N–C) groups is 1. The smallest absolute Gasteiger partial charge is 0.415 e. The van der Waals surface area contributed by atoms with E-state index in [1.165, 1.54) is 28.8 Å². The normalized spacial score (nSPS) is 14.4. The Morgan fingerprint density at radius 3 is 3.16 bits per heavy atom. The molecule has 1 aliphatic rings. The van der Waals surface area contributed by atoms with Crippen LogP contribution in [0.25, 0.3) is 0 Å². The Bertz CT molecular complexity index is 493. The summed E-state index contributed by atoms with van der Waals surface area (Å²) in [5, 5.41) is 0.641. The Morgan fingerprint density at radius 2 is 2.42 bits per heavy atom. The van der Waals surface area contributed by atoms with Crippen molar-refractivity contribution < 1.29 is 13.9 Å². The molecule has 0 atom stereocenters. The number of benzene rings is 1. The number of nitrogens with zero attached hydrogens (tertiary/aromatic N) is 2. The second-order valence-electron chi connectivity index (χ2n) is 3.93. The van der Waals surface area contributed by atoms with Crippen molar-refractivity contribution in [2.75, 3.05) is 19.7 Å². The first-order chi connectivity index (χ1) is 9.20. The number of carbonyl (C=O) groups excluding carboxylic acids is 1. The molecule has 4 nitrogen and oxygen atoms in total. The molecular weight excluding hydrogens is 267 g/mol. The number of amides is 1. The highest BCUT2D eigenvalue weighted by molar-refractivity contribution is 8.13. The summed E-state index contributed by atoms with van der Waals surface area (Å²) in [7, 11) is 0. The zero-order valence-corrected chi connectivity index (χ0v) is 11.5. The van der Waals surface area contributed by atoms with Crippen LogP contribution in [0.3, 0.4) is 0 Å². The van der Waals surface area contributed by atoms with Gasteiger partial charge in [-0.2, -0.15) is 0 Å². The summed E-state index contributed by atoms with van der Waals surface area (Å²) in [6.45, 7) is 3.25. The van der Waals surface area contributed by atoms with Crippen molar-refractivity contribution in [3.63, 3.8) is 0 Å². The van der Waals surface area contributed by atoms with Crippen molar-refractivity contribution >= 4 is 23.0 Å². The highest BCUT2D eigenvalue weighted by Gasteiger charge is 2.24. The second kappa shape index (κ2) is 6.56. The molecular formula is C13H15FN2O2S. The first-order valence-corrected chi connectivity index (χ1v) is 7.05. The SMILES string of the molecule is CCOC(=O)N1CCN=C1SCc1cccc(F)c1. The largest absolute Gasteiger partial charge is 0.449 e. The number of amidine groups is 1. The molecule has 1 heterocycles. The molecule has 0 saturated carbocycles. The Hall–Kier alpha value is -1.56. The van der Waals surface area contributed by atoms with Crippen LogP contribution in [0.15, 0.2) is 29.3 Å². The average Bonchev–Trinajstić information content (AvgIpc) is 2.85. The van der Waals surface area contributed by atoms with Crippen molar-refractivity contribution in [1.29, 1.82) is 0 Å². The summed E-state index contributed by atoms with van der Waals surface area (Å²) < 4.78 is 18.0. The molecule has 1 amide bonds. The Labute approximate surface area is 115 Å². The maximum absolute atomic E-state index is 13.0. The monoisotopic (exact) mass is 282 g/mol. The first-order valence-electron chi connectivity index (χ1n) is 6.06. The van der Waals surface area contributed by atoms with Crippen LogP contribution in [-0.4, -0.2) is 35.9 Å². The molecule has 0 saturated heterocycles. The van der Waals surface area contributed by atoms with E-state index in [4.69, 9.17) is 4.74 Å². The molecule has 0 aliphatic carbocycles. The number of thioether (sulfide) groups is 1. The lowest BCUT2D eigenvalue weighted by Crippen LogP contribution is -2.33. The molecule has 0 fully saturated rings. The summed E-state index contributed by atoms with van der Waals surface area (Å²) in [5.74, 6) is 0.320. The van der Waals surface area contributed by atoms with Crippen LogP contribution in [0.1, 0.15) is 12.5 Å². The molecule has 0 radical (unpaired) electrons. The van der Waals surface area contributed by atoms with Gasteiger partial charge in [-0.15, -0.1) is 0 Å². The van der Waals surface area contributed by atoms with Crippen molar-refractivity contribution in [1.82, 2.24) is 4.90 Å². The predicted molar refractivity (Wildman–Crippen MR) is 73.7 cm³/mol. The summed E-state index contributed by atoms with van der Waals surface area (Å²) in [4.78, 5) is 17.5. The third kappa shape index (κ3) is 3.70. The minimum Gasteiger partial charge on any atom is -0.449 e. The number of rotatable bonds is 3. The van der Waals surface area contributed by atoms with Gasteiger partial charge in [0.15, 0.2) is 5.17 Å². The van der Waals surface area contributed by atoms with Crippen molar-refractivity contribution in [2.45, 2.75) is 12.7 Å². The third-order valence-corrected chi connectivity index (χ3v) is 3.63. The summed E-state index contributed by atoms with van der Waals surface area (Å²) in [5.41, 5.74) is 0.864. The molecule has 1 aliphatic heterocycles. The highest BCUT2D eigenvalue weighted by Crippen LogP contribution is 2.20. The fourth-order valence-electron chi connectivity index (χ4n) is 1.70. The van der Waals surface area contributed by atoms with Crippen molar-refractivity contribution in [2.24, 2.45) is 4.99 Å². The number of hydrogen-bond donors (Lipinski definition) is 0. The number of carbonyl (C=O) groups is 1. The van der Waals surface area contributed by atoms with Crippen LogP contribution in [0.4, 0.5) is 9.18 Å². The number of ether oxygens (including phenoxy) is 1. The minimum atomic E-state index is -0.370. The van der Waals surface area contributed by atoms with E-state index >= 15 is 0 Å². The first kappa shape index (κ1) is 13.9. The fourth-order valence-corrected chi connectivity index (χ4v) is 2.68. The number of halogens is 1. The molecule has 6 heteroatoms. The lowest BCUT2D eigenvalue weighted by molar-refractivity contribution is 0.131. The molecule has 1 aromatic carbocycles. The molecule has 1 aromatic rings. The van der Waals surface area contributed by atoms with Crippen LogP contribution in [0, 0.1) is 5.82 Å². The van der Waals surface area contributed by atoms with Crippen molar-refractivity contribution in [3.8, 4) is 0 Å². The van der Waals surface area contributed by atoms with E-state index in [2.05, 4.69) is 4.99 Å². The Morgan fingerprint density at radius 1 is 1.58 bits per heavy atom. The van der Waals surface area contributed by atoms with Crippen molar-refractivity contribution in [3.05, 3.63) is 35.6 Å². The molecule has 0 aromatic heterocycles. The maximum Gasteiger partial charge on any atom is 0.415 e. The van der Waals surface area contributed by atoms with E-state index in [1.54, 1.807) is 13.0 Å². The van der Waals surface area contributed by atoms with Crippen LogP contribution in [0.2, 0.25) is 0 Å². The second-order valence-corrected chi connectivity index (χ2v) is 4.88. The van der Waals surface area contributed by atoms with E-state index in [1.807, 2.05) is 6.07 Å². The van der Waals surface area contributed by atoms with Gasteiger partial charge in [-0.1, -0.05) is 23.9 Å². The zero-order valence-electron chi connectivity index (χ0n) is 10.6. The minimum absolute atomic E-state index is 0.256. The fraction of sp³-hybridized carbons (Fsp3) is 0.385. The van der Waals surface area contributed by atoms with E-state index in [9.17, 15) is 9.18 Å². The number of hydrogen-bond acceptors (Lipinski definition) is 4.